The molecule has 0 atom stereocenters. The van der Waals surface area contributed by atoms with Crippen molar-refractivity contribution in [2.45, 2.75) is 13.8 Å². The molecule has 0 fully saturated rings. The van der Waals surface area contributed by atoms with Gasteiger partial charge in [-0.2, -0.15) is 10.4 Å². The van der Waals surface area contributed by atoms with E-state index >= 15 is 0 Å². The third kappa shape index (κ3) is 3.94. The van der Waals surface area contributed by atoms with Crippen LogP contribution in [-0.4, -0.2) is 23.5 Å². The minimum atomic E-state index is 0.315. The Morgan fingerprint density at radius 2 is 2.07 bits per heavy atom. The van der Waals surface area contributed by atoms with Crippen LogP contribution in [0.2, 0.25) is 5.02 Å². The van der Waals surface area contributed by atoms with E-state index in [1.165, 1.54) is 0 Å². The molecule has 0 aliphatic heterocycles. The number of nitrogens with zero attached hydrogens (tertiary/aromatic N) is 3. The van der Waals surface area contributed by atoms with Gasteiger partial charge in [0.2, 0.25) is 0 Å². The standard InChI is InChI=1S/C20H18ClN5O/c1-12-13(2)18(27-3)8-7-14(12)11-23-19-17(10-22)20(26-25-19)24-16-6-4-5-15(21)9-16/h4-9,11H,1-3H3,(H2,24,25,26). The zero-order valence-corrected chi connectivity index (χ0v) is 15.9. The molecule has 0 saturated heterocycles. The predicted molar refractivity (Wildman–Crippen MR) is 108 cm³/mol. The lowest BCUT2D eigenvalue weighted by molar-refractivity contribution is 0.411. The van der Waals surface area contributed by atoms with Crippen molar-refractivity contribution in [3.8, 4) is 11.8 Å². The quantitative estimate of drug-likeness (QED) is 0.607. The van der Waals surface area contributed by atoms with Crippen molar-refractivity contribution in [3.63, 3.8) is 0 Å². The number of hydrogen-bond donors (Lipinski definition) is 2. The highest BCUT2D eigenvalue weighted by Gasteiger charge is 2.13. The van der Waals surface area contributed by atoms with Crippen molar-refractivity contribution < 1.29 is 4.74 Å². The summed E-state index contributed by atoms with van der Waals surface area (Å²) < 4.78 is 5.33. The number of benzene rings is 2. The first kappa shape index (κ1) is 18.5. The normalized spacial score (nSPS) is 10.8. The number of aromatic amines is 1. The molecule has 0 aliphatic rings. The monoisotopic (exact) mass is 379 g/mol. The maximum atomic E-state index is 9.52. The van der Waals surface area contributed by atoms with Crippen molar-refractivity contribution >= 4 is 35.1 Å². The number of halogens is 1. The molecule has 0 radical (unpaired) electrons. The van der Waals surface area contributed by atoms with E-state index in [2.05, 4.69) is 26.6 Å². The second-order valence-electron chi connectivity index (χ2n) is 5.91. The van der Waals surface area contributed by atoms with Gasteiger partial charge in [-0.15, -0.1) is 0 Å². The Hall–Kier alpha value is -3.30. The number of nitriles is 1. The van der Waals surface area contributed by atoms with E-state index in [0.29, 0.717) is 22.2 Å². The predicted octanol–water partition coefficient (Wildman–Crippen LogP) is 5.05. The van der Waals surface area contributed by atoms with Gasteiger partial charge in [0.05, 0.1) is 7.11 Å². The first-order chi connectivity index (χ1) is 13.0. The van der Waals surface area contributed by atoms with Gasteiger partial charge in [-0.3, -0.25) is 5.10 Å². The van der Waals surface area contributed by atoms with Crippen LogP contribution in [0.1, 0.15) is 22.3 Å². The molecule has 0 bridgehead atoms. The zero-order chi connectivity index (χ0) is 19.4. The molecule has 0 unspecified atom stereocenters. The molecule has 3 aromatic rings. The average Bonchev–Trinajstić information content (AvgIpc) is 3.04. The van der Waals surface area contributed by atoms with Gasteiger partial charge in [-0.25, -0.2) is 4.99 Å². The van der Waals surface area contributed by atoms with Crippen molar-refractivity contribution in [1.82, 2.24) is 10.2 Å². The van der Waals surface area contributed by atoms with Crippen LogP contribution < -0.4 is 10.1 Å². The van der Waals surface area contributed by atoms with Crippen LogP contribution in [-0.2, 0) is 0 Å². The number of anilines is 2. The number of H-pyrrole nitrogens is 1. The van der Waals surface area contributed by atoms with Gasteiger partial charge in [-0.1, -0.05) is 17.7 Å². The molecule has 1 aromatic heterocycles. The highest BCUT2D eigenvalue weighted by Crippen LogP contribution is 2.27. The van der Waals surface area contributed by atoms with Crippen LogP contribution in [0.4, 0.5) is 17.3 Å². The molecule has 136 valence electrons. The number of methoxy groups -OCH3 is 1. The molecule has 6 nitrogen and oxygen atoms in total. The van der Waals surface area contributed by atoms with Crippen molar-refractivity contribution in [2.24, 2.45) is 4.99 Å². The molecular weight excluding hydrogens is 362 g/mol. The molecule has 2 N–H and O–H groups in total. The van der Waals surface area contributed by atoms with Crippen molar-refractivity contribution in [2.75, 3.05) is 12.4 Å². The van der Waals surface area contributed by atoms with E-state index in [4.69, 9.17) is 16.3 Å². The Balaban J connectivity index is 1.88. The summed E-state index contributed by atoms with van der Waals surface area (Å²) in [6.07, 6.45) is 1.70. The van der Waals surface area contributed by atoms with Crippen LogP contribution in [0.25, 0.3) is 0 Å². The molecular formula is C20H18ClN5O. The van der Waals surface area contributed by atoms with Gasteiger partial charge in [0.15, 0.2) is 5.82 Å². The summed E-state index contributed by atoms with van der Waals surface area (Å²) >= 11 is 5.99. The maximum absolute atomic E-state index is 9.52. The third-order valence-corrected chi connectivity index (χ3v) is 4.51. The van der Waals surface area contributed by atoms with Crippen LogP contribution in [0.3, 0.4) is 0 Å². The largest absolute Gasteiger partial charge is 0.496 e. The summed E-state index contributed by atoms with van der Waals surface area (Å²) in [5, 5.41) is 20.2. The Bertz CT molecular complexity index is 1050. The van der Waals surface area contributed by atoms with E-state index in [0.717, 1.165) is 28.1 Å². The van der Waals surface area contributed by atoms with Crippen LogP contribution in [0.5, 0.6) is 5.75 Å². The lowest BCUT2D eigenvalue weighted by Gasteiger charge is -2.09. The highest BCUT2D eigenvalue weighted by molar-refractivity contribution is 6.30. The first-order valence-electron chi connectivity index (χ1n) is 8.22. The van der Waals surface area contributed by atoms with Crippen LogP contribution >= 0.6 is 11.6 Å². The van der Waals surface area contributed by atoms with Crippen molar-refractivity contribution in [3.05, 3.63) is 63.7 Å². The third-order valence-electron chi connectivity index (χ3n) is 4.28. The molecule has 27 heavy (non-hydrogen) atoms. The molecule has 3 rings (SSSR count). The van der Waals surface area contributed by atoms with Crippen LogP contribution in [0.15, 0.2) is 41.4 Å². The van der Waals surface area contributed by atoms with E-state index < -0.39 is 0 Å². The fourth-order valence-electron chi connectivity index (χ4n) is 2.64. The van der Waals surface area contributed by atoms with Gasteiger partial charge in [0.25, 0.3) is 0 Å². The van der Waals surface area contributed by atoms with Gasteiger partial charge in [-0.05, 0) is 60.9 Å². The Labute approximate surface area is 162 Å². The number of hydrogen-bond acceptors (Lipinski definition) is 5. The van der Waals surface area contributed by atoms with E-state index in [-0.39, 0.29) is 0 Å². The smallest absolute Gasteiger partial charge is 0.193 e. The molecule has 1 heterocycles. The van der Waals surface area contributed by atoms with E-state index in [9.17, 15) is 5.26 Å². The fourth-order valence-corrected chi connectivity index (χ4v) is 2.83. The van der Waals surface area contributed by atoms with Crippen LogP contribution in [0, 0.1) is 25.2 Å². The minimum Gasteiger partial charge on any atom is -0.496 e. The summed E-state index contributed by atoms with van der Waals surface area (Å²) in [5.74, 6) is 1.61. The minimum absolute atomic E-state index is 0.315. The SMILES string of the molecule is COc1ccc(C=Nc2n[nH]c(Nc3cccc(Cl)c3)c2C#N)c(C)c1C. The van der Waals surface area contributed by atoms with Crippen molar-refractivity contribution in [1.29, 1.82) is 5.26 Å². The molecule has 0 amide bonds. The second kappa shape index (κ2) is 7.94. The lowest BCUT2D eigenvalue weighted by atomic mass is 10.0. The van der Waals surface area contributed by atoms with Gasteiger partial charge >= 0.3 is 0 Å². The van der Waals surface area contributed by atoms with Gasteiger partial charge < -0.3 is 10.1 Å². The van der Waals surface area contributed by atoms with Gasteiger partial charge in [0, 0.05) is 16.9 Å². The second-order valence-corrected chi connectivity index (χ2v) is 6.35. The van der Waals surface area contributed by atoms with Gasteiger partial charge in [0.1, 0.15) is 23.2 Å². The zero-order valence-electron chi connectivity index (χ0n) is 15.2. The summed E-state index contributed by atoms with van der Waals surface area (Å²) in [6, 6.07) is 13.2. The lowest BCUT2D eigenvalue weighted by Crippen LogP contribution is -1.95. The number of nitrogens with one attached hydrogen (secondary N) is 2. The topological polar surface area (TPSA) is 86.1 Å². The number of rotatable bonds is 5. The van der Waals surface area contributed by atoms with E-state index in [1.807, 2.05) is 38.1 Å². The molecule has 2 aromatic carbocycles. The number of aromatic nitrogens is 2. The summed E-state index contributed by atoms with van der Waals surface area (Å²) in [4.78, 5) is 4.39. The summed E-state index contributed by atoms with van der Waals surface area (Å²) in [5.41, 5.74) is 4.12. The fraction of sp³-hybridized carbons (Fsp3) is 0.150. The molecule has 7 heteroatoms. The number of ether oxygens (including phenoxy) is 1. The Morgan fingerprint density at radius 3 is 2.78 bits per heavy atom. The number of aliphatic imine (C=N–C) groups is 1. The molecule has 0 aliphatic carbocycles. The maximum Gasteiger partial charge on any atom is 0.193 e. The Kier molecular flexibility index (Phi) is 5.43. The van der Waals surface area contributed by atoms with E-state index in [1.54, 1.807) is 25.5 Å². The molecule has 0 saturated carbocycles. The highest BCUT2D eigenvalue weighted by atomic mass is 35.5. The summed E-state index contributed by atoms with van der Waals surface area (Å²) in [7, 11) is 1.65. The average molecular weight is 380 g/mol. The molecule has 0 spiro atoms. The summed E-state index contributed by atoms with van der Waals surface area (Å²) in [6.45, 7) is 3.99. The first-order valence-corrected chi connectivity index (χ1v) is 8.60. The Morgan fingerprint density at radius 1 is 1.26 bits per heavy atom.